The Hall–Kier alpha value is -1.59. The summed E-state index contributed by atoms with van der Waals surface area (Å²) in [6.45, 7) is 3.68. The first-order valence-corrected chi connectivity index (χ1v) is 7.47. The number of nitrogens with one attached hydrogen (secondary N) is 2. The van der Waals surface area contributed by atoms with Crippen LogP contribution in [0.15, 0.2) is 24.3 Å². The Morgan fingerprint density at radius 2 is 2.14 bits per heavy atom. The number of amides is 2. The molecule has 1 aromatic carbocycles. The van der Waals surface area contributed by atoms with E-state index < -0.39 is 6.10 Å². The van der Waals surface area contributed by atoms with E-state index in [4.69, 9.17) is 4.74 Å². The fraction of sp³-hybridized carbons (Fsp3) is 0.562. The number of aryl methyl sites for hydroxylation is 1. The average molecular weight is 292 g/mol. The Balaban J connectivity index is 1.57. The fourth-order valence-corrected chi connectivity index (χ4v) is 1.97. The second-order valence-corrected chi connectivity index (χ2v) is 5.62. The SMILES string of the molecule is Cc1ccccc1CNC(=O)NCC(O)COCC1CC1. The maximum absolute atomic E-state index is 11.6. The van der Waals surface area contributed by atoms with Gasteiger partial charge in [0.25, 0.3) is 0 Å². The van der Waals surface area contributed by atoms with Crippen molar-refractivity contribution in [3.63, 3.8) is 0 Å². The van der Waals surface area contributed by atoms with Crippen molar-refractivity contribution in [2.45, 2.75) is 32.4 Å². The van der Waals surface area contributed by atoms with Crippen LogP contribution in [0.25, 0.3) is 0 Å². The van der Waals surface area contributed by atoms with Gasteiger partial charge in [-0.3, -0.25) is 0 Å². The van der Waals surface area contributed by atoms with E-state index in [1.54, 1.807) is 0 Å². The molecule has 0 aromatic heterocycles. The Bertz CT molecular complexity index is 461. The lowest BCUT2D eigenvalue weighted by Crippen LogP contribution is -2.40. The monoisotopic (exact) mass is 292 g/mol. The van der Waals surface area contributed by atoms with Gasteiger partial charge in [-0.15, -0.1) is 0 Å². The average Bonchev–Trinajstić information content (AvgIpc) is 3.28. The van der Waals surface area contributed by atoms with Crippen LogP contribution in [-0.2, 0) is 11.3 Å². The molecule has 1 aliphatic carbocycles. The molecule has 0 bridgehead atoms. The highest BCUT2D eigenvalue weighted by molar-refractivity contribution is 5.73. The second-order valence-electron chi connectivity index (χ2n) is 5.62. The Labute approximate surface area is 125 Å². The molecule has 0 saturated heterocycles. The minimum Gasteiger partial charge on any atom is -0.389 e. The van der Waals surface area contributed by atoms with Crippen molar-refractivity contribution in [1.29, 1.82) is 0 Å². The van der Waals surface area contributed by atoms with Crippen LogP contribution in [0.2, 0.25) is 0 Å². The summed E-state index contributed by atoms with van der Waals surface area (Å²) in [5, 5.41) is 15.1. The van der Waals surface area contributed by atoms with Gasteiger partial charge in [-0.2, -0.15) is 0 Å². The van der Waals surface area contributed by atoms with E-state index in [1.807, 2.05) is 31.2 Å². The second kappa shape index (κ2) is 8.00. The number of carbonyl (C=O) groups excluding carboxylic acids is 1. The van der Waals surface area contributed by atoms with E-state index in [1.165, 1.54) is 12.8 Å². The number of aliphatic hydroxyl groups excluding tert-OH is 1. The van der Waals surface area contributed by atoms with Gasteiger partial charge in [0.15, 0.2) is 0 Å². The van der Waals surface area contributed by atoms with Gasteiger partial charge in [0.1, 0.15) is 0 Å². The largest absolute Gasteiger partial charge is 0.389 e. The van der Waals surface area contributed by atoms with Crippen LogP contribution in [-0.4, -0.2) is 37.0 Å². The van der Waals surface area contributed by atoms with E-state index in [-0.39, 0.29) is 19.2 Å². The molecule has 1 aromatic rings. The number of hydrogen-bond acceptors (Lipinski definition) is 3. The molecule has 2 amide bonds. The molecule has 1 aliphatic rings. The van der Waals surface area contributed by atoms with E-state index in [0.717, 1.165) is 17.7 Å². The van der Waals surface area contributed by atoms with Crippen molar-refractivity contribution in [2.75, 3.05) is 19.8 Å². The third-order valence-electron chi connectivity index (χ3n) is 3.56. The highest BCUT2D eigenvalue weighted by atomic mass is 16.5. The van der Waals surface area contributed by atoms with Crippen LogP contribution in [0.5, 0.6) is 0 Å². The predicted molar refractivity (Wildman–Crippen MR) is 81.0 cm³/mol. The van der Waals surface area contributed by atoms with Crippen LogP contribution in [0, 0.1) is 12.8 Å². The number of ether oxygens (including phenoxy) is 1. The molecular weight excluding hydrogens is 268 g/mol. The minimum atomic E-state index is -0.659. The third-order valence-corrected chi connectivity index (χ3v) is 3.56. The van der Waals surface area contributed by atoms with Gasteiger partial charge in [-0.25, -0.2) is 4.79 Å². The number of urea groups is 1. The highest BCUT2D eigenvalue weighted by Gasteiger charge is 2.21. The van der Waals surface area contributed by atoms with Crippen LogP contribution >= 0.6 is 0 Å². The summed E-state index contributed by atoms with van der Waals surface area (Å²) in [6, 6.07) is 7.63. The lowest BCUT2D eigenvalue weighted by Gasteiger charge is -2.13. The molecule has 5 heteroatoms. The standard InChI is InChI=1S/C16H24N2O3/c1-12-4-2-3-5-14(12)8-17-16(20)18-9-15(19)11-21-10-13-6-7-13/h2-5,13,15,19H,6-11H2,1H3,(H2,17,18,20). The van der Waals surface area contributed by atoms with Crippen LogP contribution in [0.4, 0.5) is 4.79 Å². The number of carbonyl (C=O) groups is 1. The summed E-state index contributed by atoms with van der Waals surface area (Å²) in [6.07, 6.45) is 1.80. The molecule has 3 N–H and O–H groups in total. The Morgan fingerprint density at radius 1 is 1.38 bits per heavy atom. The number of aliphatic hydroxyl groups is 1. The first-order chi connectivity index (χ1) is 10.1. The van der Waals surface area contributed by atoms with Gasteiger partial charge in [0.05, 0.1) is 12.7 Å². The molecule has 1 saturated carbocycles. The van der Waals surface area contributed by atoms with Crippen LogP contribution in [0.1, 0.15) is 24.0 Å². The maximum atomic E-state index is 11.6. The minimum absolute atomic E-state index is 0.199. The maximum Gasteiger partial charge on any atom is 0.315 e. The molecule has 1 fully saturated rings. The summed E-state index contributed by atoms with van der Waals surface area (Å²) in [5.74, 6) is 0.683. The lowest BCUT2D eigenvalue weighted by atomic mass is 10.1. The van der Waals surface area contributed by atoms with Gasteiger partial charge in [0.2, 0.25) is 0 Å². The summed E-state index contributed by atoms with van der Waals surface area (Å²) < 4.78 is 5.37. The predicted octanol–water partition coefficient (Wildman–Crippen LogP) is 1.58. The van der Waals surface area contributed by atoms with Gasteiger partial charge in [-0.05, 0) is 36.8 Å². The van der Waals surface area contributed by atoms with Crippen LogP contribution in [0.3, 0.4) is 0 Å². The van der Waals surface area contributed by atoms with E-state index in [9.17, 15) is 9.90 Å². The summed E-state index contributed by atoms with van der Waals surface area (Å²) in [7, 11) is 0. The third kappa shape index (κ3) is 6.14. The molecule has 116 valence electrons. The molecule has 5 nitrogen and oxygen atoms in total. The van der Waals surface area contributed by atoms with Crippen molar-refractivity contribution in [2.24, 2.45) is 5.92 Å². The fourth-order valence-electron chi connectivity index (χ4n) is 1.97. The molecule has 0 aliphatic heterocycles. The quantitative estimate of drug-likeness (QED) is 0.681. The smallest absolute Gasteiger partial charge is 0.315 e. The van der Waals surface area contributed by atoms with Gasteiger partial charge in [0, 0.05) is 19.7 Å². The molecule has 21 heavy (non-hydrogen) atoms. The first kappa shape index (κ1) is 15.8. The van der Waals surface area contributed by atoms with Crippen molar-refractivity contribution in [1.82, 2.24) is 10.6 Å². The number of benzene rings is 1. The molecule has 0 radical (unpaired) electrons. The number of hydrogen-bond donors (Lipinski definition) is 3. The zero-order valence-electron chi connectivity index (χ0n) is 12.5. The molecule has 0 heterocycles. The molecule has 0 spiro atoms. The zero-order chi connectivity index (χ0) is 15.1. The van der Waals surface area contributed by atoms with E-state index in [0.29, 0.717) is 12.5 Å². The summed E-state index contributed by atoms with van der Waals surface area (Å²) >= 11 is 0. The van der Waals surface area contributed by atoms with Crippen molar-refractivity contribution in [3.8, 4) is 0 Å². The molecule has 1 unspecified atom stereocenters. The normalized spacial score (nSPS) is 15.5. The summed E-state index contributed by atoms with van der Waals surface area (Å²) in [5.41, 5.74) is 2.23. The van der Waals surface area contributed by atoms with E-state index in [2.05, 4.69) is 10.6 Å². The Kier molecular flexibility index (Phi) is 6.02. The van der Waals surface area contributed by atoms with Crippen molar-refractivity contribution < 1.29 is 14.6 Å². The lowest BCUT2D eigenvalue weighted by molar-refractivity contribution is 0.0337. The summed E-state index contributed by atoms with van der Waals surface area (Å²) in [4.78, 5) is 11.6. The van der Waals surface area contributed by atoms with Gasteiger partial charge >= 0.3 is 6.03 Å². The first-order valence-electron chi connectivity index (χ1n) is 7.47. The zero-order valence-corrected chi connectivity index (χ0v) is 12.5. The molecule has 2 rings (SSSR count). The molecule has 1 atom stereocenters. The van der Waals surface area contributed by atoms with E-state index >= 15 is 0 Å². The van der Waals surface area contributed by atoms with Gasteiger partial charge in [-0.1, -0.05) is 24.3 Å². The Morgan fingerprint density at radius 3 is 2.86 bits per heavy atom. The van der Waals surface area contributed by atoms with Crippen molar-refractivity contribution in [3.05, 3.63) is 35.4 Å². The molecular formula is C16H24N2O3. The number of rotatable bonds is 8. The highest BCUT2D eigenvalue weighted by Crippen LogP contribution is 2.28. The van der Waals surface area contributed by atoms with Gasteiger partial charge < -0.3 is 20.5 Å². The van der Waals surface area contributed by atoms with Crippen LogP contribution < -0.4 is 10.6 Å². The van der Waals surface area contributed by atoms with Crippen molar-refractivity contribution >= 4 is 6.03 Å². The topological polar surface area (TPSA) is 70.6 Å².